The Kier molecular flexibility index (Phi) is 11.8. The maximum atomic E-state index is 13.0. The standard InChI is InChI=1S/C20H29F3N6O.HI/c1-4-18-28-26-14-29(18)11-10-25-19(24-9-6-12-30-3)27-15(2)16-7-5-8-17(13-16)20(21,22)23;/h5,7-8,13-15H,4,6,9-12H2,1-3H3,(H2,24,25,27);1H. The van der Waals surface area contributed by atoms with Gasteiger partial charge in [0.1, 0.15) is 12.2 Å². The van der Waals surface area contributed by atoms with E-state index >= 15 is 0 Å². The van der Waals surface area contributed by atoms with Crippen molar-refractivity contribution in [3.63, 3.8) is 0 Å². The molecule has 0 bridgehead atoms. The van der Waals surface area contributed by atoms with Crippen LogP contribution in [0, 0.1) is 0 Å². The molecule has 1 heterocycles. The fourth-order valence-corrected chi connectivity index (χ4v) is 2.86. The lowest BCUT2D eigenvalue weighted by molar-refractivity contribution is -0.137. The lowest BCUT2D eigenvalue weighted by Gasteiger charge is -2.20. The highest BCUT2D eigenvalue weighted by atomic mass is 127. The number of rotatable bonds is 10. The number of hydrogen-bond acceptors (Lipinski definition) is 4. The minimum Gasteiger partial charge on any atom is -0.385 e. The number of aryl methyl sites for hydroxylation is 1. The summed E-state index contributed by atoms with van der Waals surface area (Å²) in [6.45, 7) is 6.14. The number of nitrogens with one attached hydrogen (secondary N) is 2. The van der Waals surface area contributed by atoms with Crippen LogP contribution in [0.2, 0.25) is 0 Å². The number of hydrogen-bond donors (Lipinski definition) is 2. The monoisotopic (exact) mass is 554 g/mol. The quantitative estimate of drug-likeness (QED) is 0.202. The molecule has 0 spiro atoms. The zero-order valence-electron chi connectivity index (χ0n) is 17.9. The van der Waals surface area contributed by atoms with E-state index in [1.807, 2.05) is 11.5 Å². The Bertz CT molecular complexity index is 812. The Morgan fingerprint density at radius 2 is 2.10 bits per heavy atom. The molecule has 2 rings (SSSR count). The molecule has 0 aliphatic carbocycles. The third kappa shape index (κ3) is 9.01. The number of aromatic nitrogens is 3. The number of guanidine groups is 1. The third-order valence-corrected chi connectivity index (χ3v) is 4.50. The fraction of sp³-hybridized carbons (Fsp3) is 0.550. The van der Waals surface area contributed by atoms with Crippen molar-refractivity contribution in [2.24, 2.45) is 4.99 Å². The van der Waals surface area contributed by atoms with Crippen LogP contribution < -0.4 is 10.6 Å². The maximum Gasteiger partial charge on any atom is 0.416 e. The molecule has 174 valence electrons. The molecule has 0 amide bonds. The number of benzene rings is 1. The highest BCUT2D eigenvalue weighted by molar-refractivity contribution is 14.0. The first-order valence-corrected chi connectivity index (χ1v) is 9.92. The molecule has 11 heteroatoms. The number of aliphatic imine (C=N–C) groups is 1. The maximum absolute atomic E-state index is 13.0. The number of ether oxygens (including phenoxy) is 1. The number of halogens is 4. The van der Waals surface area contributed by atoms with Crippen molar-refractivity contribution >= 4 is 29.9 Å². The van der Waals surface area contributed by atoms with Gasteiger partial charge in [-0.3, -0.25) is 4.99 Å². The summed E-state index contributed by atoms with van der Waals surface area (Å²) in [7, 11) is 1.63. The summed E-state index contributed by atoms with van der Waals surface area (Å²) in [4.78, 5) is 4.51. The van der Waals surface area contributed by atoms with Crippen molar-refractivity contribution < 1.29 is 17.9 Å². The van der Waals surface area contributed by atoms with E-state index in [9.17, 15) is 13.2 Å². The second-order valence-corrected chi connectivity index (χ2v) is 6.79. The van der Waals surface area contributed by atoms with Gasteiger partial charge in [0.05, 0.1) is 11.6 Å². The Morgan fingerprint density at radius 3 is 2.77 bits per heavy atom. The van der Waals surface area contributed by atoms with Crippen molar-refractivity contribution in [2.45, 2.75) is 45.5 Å². The predicted molar refractivity (Wildman–Crippen MR) is 125 cm³/mol. The SMILES string of the molecule is CCc1nncn1CCNC(=NCCCOC)NC(C)c1cccc(C(F)(F)F)c1.I. The average Bonchev–Trinajstić information content (AvgIpc) is 3.18. The fourth-order valence-electron chi connectivity index (χ4n) is 2.86. The summed E-state index contributed by atoms with van der Waals surface area (Å²) >= 11 is 0. The van der Waals surface area contributed by atoms with Gasteiger partial charge >= 0.3 is 6.18 Å². The summed E-state index contributed by atoms with van der Waals surface area (Å²) in [6, 6.07) is 4.95. The van der Waals surface area contributed by atoms with Crippen molar-refractivity contribution in [1.29, 1.82) is 0 Å². The molecule has 0 fully saturated rings. The Labute approximate surface area is 197 Å². The Balaban J connectivity index is 0.00000480. The van der Waals surface area contributed by atoms with Crippen molar-refractivity contribution in [3.05, 3.63) is 47.5 Å². The van der Waals surface area contributed by atoms with Crippen molar-refractivity contribution in [2.75, 3.05) is 26.8 Å². The summed E-state index contributed by atoms with van der Waals surface area (Å²) < 4.78 is 46.0. The van der Waals surface area contributed by atoms with E-state index < -0.39 is 11.7 Å². The van der Waals surface area contributed by atoms with Gasteiger partial charge < -0.3 is 19.9 Å². The van der Waals surface area contributed by atoms with E-state index in [-0.39, 0.29) is 30.0 Å². The van der Waals surface area contributed by atoms with Gasteiger partial charge in [-0.05, 0) is 31.0 Å². The molecule has 0 saturated heterocycles. The Hall–Kier alpha value is -1.89. The normalized spacial score (nSPS) is 12.9. The first-order valence-electron chi connectivity index (χ1n) is 9.92. The van der Waals surface area contributed by atoms with Crippen LogP contribution in [-0.4, -0.2) is 47.5 Å². The number of alkyl halides is 3. The van der Waals surface area contributed by atoms with Gasteiger partial charge in [-0.15, -0.1) is 34.2 Å². The van der Waals surface area contributed by atoms with Gasteiger partial charge in [-0.25, -0.2) is 0 Å². The molecular weight excluding hydrogens is 524 g/mol. The van der Waals surface area contributed by atoms with Crippen LogP contribution in [-0.2, 0) is 23.9 Å². The molecule has 2 aromatic rings. The average molecular weight is 554 g/mol. The van der Waals surface area contributed by atoms with E-state index in [0.717, 1.165) is 30.8 Å². The lowest BCUT2D eigenvalue weighted by Crippen LogP contribution is -2.40. The van der Waals surface area contributed by atoms with Gasteiger partial charge in [0.2, 0.25) is 0 Å². The van der Waals surface area contributed by atoms with E-state index in [1.54, 1.807) is 26.4 Å². The molecule has 2 N–H and O–H groups in total. The topological polar surface area (TPSA) is 76.4 Å². The smallest absolute Gasteiger partial charge is 0.385 e. The van der Waals surface area contributed by atoms with E-state index in [2.05, 4.69) is 25.8 Å². The zero-order chi connectivity index (χ0) is 22.0. The molecule has 1 atom stereocenters. The summed E-state index contributed by atoms with van der Waals surface area (Å²) in [5.74, 6) is 1.42. The minimum absolute atomic E-state index is 0. The first-order chi connectivity index (χ1) is 14.3. The zero-order valence-corrected chi connectivity index (χ0v) is 20.3. The summed E-state index contributed by atoms with van der Waals surface area (Å²) in [5, 5.41) is 14.4. The van der Waals surface area contributed by atoms with Crippen LogP contribution in [0.3, 0.4) is 0 Å². The number of methoxy groups -OCH3 is 1. The van der Waals surface area contributed by atoms with Crippen LogP contribution in [0.4, 0.5) is 13.2 Å². The van der Waals surface area contributed by atoms with Crippen LogP contribution >= 0.6 is 24.0 Å². The minimum atomic E-state index is -4.37. The van der Waals surface area contributed by atoms with Gasteiger partial charge in [-0.1, -0.05) is 19.1 Å². The van der Waals surface area contributed by atoms with Gasteiger partial charge in [0, 0.05) is 39.8 Å². The predicted octanol–water partition coefficient (Wildman–Crippen LogP) is 3.81. The Morgan fingerprint density at radius 1 is 1.32 bits per heavy atom. The molecule has 0 radical (unpaired) electrons. The van der Waals surface area contributed by atoms with Gasteiger partial charge in [-0.2, -0.15) is 13.2 Å². The van der Waals surface area contributed by atoms with Gasteiger partial charge in [0.25, 0.3) is 0 Å². The van der Waals surface area contributed by atoms with Gasteiger partial charge in [0.15, 0.2) is 5.96 Å². The highest BCUT2D eigenvalue weighted by Gasteiger charge is 2.30. The summed E-state index contributed by atoms with van der Waals surface area (Å²) in [5.41, 5.74) is -0.136. The summed E-state index contributed by atoms with van der Waals surface area (Å²) in [6.07, 6.45) is -1.18. The molecule has 1 aromatic carbocycles. The molecule has 1 aromatic heterocycles. The van der Waals surface area contributed by atoms with Crippen LogP contribution in [0.5, 0.6) is 0 Å². The largest absolute Gasteiger partial charge is 0.416 e. The molecule has 0 aliphatic heterocycles. The van der Waals surface area contributed by atoms with E-state index in [4.69, 9.17) is 4.74 Å². The first kappa shape index (κ1) is 27.1. The van der Waals surface area contributed by atoms with Crippen LogP contribution in [0.15, 0.2) is 35.6 Å². The molecule has 0 saturated carbocycles. The molecule has 7 nitrogen and oxygen atoms in total. The molecule has 1 unspecified atom stereocenters. The second-order valence-electron chi connectivity index (χ2n) is 6.79. The number of nitrogens with zero attached hydrogens (tertiary/aromatic N) is 4. The van der Waals surface area contributed by atoms with Crippen LogP contribution in [0.1, 0.15) is 43.3 Å². The van der Waals surface area contributed by atoms with Crippen LogP contribution in [0.25, 0.3) is 0 Å². The second kappa shape index (κ2) is 13.5. The third-order valence-electron chi connectivity index (χ3n) is 4.50. The highest BCUT2D eigenvalue weighted by Crippen LogP contribution is 2.30. The lowest BCUT2D eigenvalue weighted by atomic mass is 10.1. The van der Waals surface area contributed by atoms with E-state index in [1.165, 1.54) is 6.07 Å². The van der Waals surface area contributed by atoms with Crippen molar-refractivity contribution in [3.8, 4) is 0 Å². The molecule has 31 heavy (non-hydrogen) atoms. The molecule has 0 aliphatic rings. The van der Waals surface area contributed by atoms with Crippen molar-refractivity contribution in [1.82, 2.24) is 25.4 Å². The van der Waals surface area contributed by atoms with E-state index in [0.29, 0.717) is 37.8 Å². The molecular formula is C20H30F3IN6O.